The monoisotopic (exact) mass is 262 g/mol. The highest BCUT2D eigenvalue weighted by atomic mass is 19.1. The Balaban J connectivity index is 2.16. The van der Waals surface area contributed by atoms with Gasteiger partial charge in [-0.25, -0.2) is 13.8 Å². The molecule has 0 saturated heterocycles. The maximum absolute atomic E-state index is 13.5. The van der Waals surface area contributed by atoms with Gasteiger partial charge in [-0.2, -0.15) is 4.98 Å². The summed E-state index contributed by atoms with van der Waals surface area (Å²) >= 11 is 0. The van der Waals surface area contributed by atoms with E-state index in [1.807, 2.05) is 0 Å². The summed E-state index contributed by atoms with van der Waals surface area (Å²) in [6.45, 7) is 4.14. The highest BCUT2D eigenvalue weighted by Gasteiger charge is 2.05. The first-order valence-corrected chi connectivity index (χ1v) is 5.59. The van der Waals surface area contributed by atoms with Crippen LogP contribution in [-0.2, 0) is 0 Å². The molecule has 0 saturated carbocycles. The lowest BCUT2D eigenvalue weighted by atomic mass is 10.3. The van der Waals surface area contributed by atoms with Gasteiger partial charge in [-0.05, 0) is 18.2 Å². The normalized spacial score (nSPS) is 10.0. The van der Waals surface area contributed by atoms with Crippen molar-refractivity contribution in [3.05, 3.63) is 54.8 Å². The van der Waals surface area contributed by atoms with Crippen molar-refractivity contribution >= 4 is 17.5 Å². The molecular weight excluding hydrogens is 250 g/mol. The molecule has 2 rings (SSSR count). The Morgan fingerprint density at radius 3 is 2.84 bits per heavy atom. The van der Waals surface area contributed by atoms with Crippen molar-refractivity contribution < 1.29 is 8.78 Å². The summed E-state index contributed by atoms with van der Waals surface area (Å²) in [6, 6.07) is 4.92. The van der Waals surface area contributed by atoms with Crippen LogP contribution < -0.4 is 10.6 Å². The van der Waals surface area contributed by atoms with Gasteiger partial charge in [0, 0.05) is 18.8 Å². The predicted molar refractivity (Wildman–Crippen MR) is 70.4 cm³/mol. The van der Waals surface area contributed by atoms with Gasteiger partial charge in [0.15, 0.2) is 0 Å². The molecule has 0 unspecified atom stereocenters. The molecule has 0 fully saturated rings. The summed E-state index contributed by atoms with van der Waals surface area (Å²) in [4.78, 5) is 8.09. The van der Waals surface area contributed by atoms with E-state index >= 15 is 0 Å². The zero-order chi connectivity index (χ0) is 13.7. The van der Waals surface area contributed by atoms with Gasteiger partial charge in [0.2, 0.25) is 5.95 Å². The van der Waals surface area contributed by atoms with Crippen molar-refractivity contribution in [3.63, 3.8) is 0 Å². The minimum Gasteiger partial charge on any atom is -0.366 e. The van der Waals surface area contributed by atoms with Gasteiger partial charge < -0.3 is 10.6 Å². The minimum atomic E-state index is -0.701. The molecule has 2 aromatic rings. The first kappa shape index (κ1) is 12.9. The molecule has 0 bridgehead atoms. The largest absolute Gasteiger partial charge is 0.366 e. The Kier molecular flexibility index (Phi) is 4.02. The van der Waals surface area contributed by atoms with Crippen LogP contribution in [-0.4, -0.2) is 16.5 Å². The van der Waals surface area contributed by atoms with Crippen LogP contribution in [0.2, 0.25) is 0 Å². The van der Waals surface area contributed by atoms with Crippen molar-refractivity contribution in [2.75, 3.05) is 17.2 Å². The van der Waals surface area contributed by atoms with Crippen LogP contribution in [0.5, 0.6) is 0 Å². The lowest BCUT2D eigenvalue weighted by Gasteiger charge is -2.07. The fourth-order valence-corrected chi connectivity index (χ4v) is 1.41. The Morgan fingerprint density at radius 2 is 2.11 bits per heavy atom. The van der Waals surface area contributed by atoms with Gasteiger partial charge in [0.25, 0.3) is 0 Å². The number of anilines is 3. The van der Waals surface area contributed by atoms with Crippen LogP contribution in [0.25, 0.3) is 0 Å². The average Bonchev–Trinajstić information content (AvgIpc) is 2.40. The van der Waals surface area contributed by atoms with Crippen LogP contribution in [0.3, 0.4) is 0 Å². The molecule has 6 heteroatoms. The van der Waals surface area contributed by atoms with E-state index in [1.165, 1.54) is 12.3 Å². The minimum absolute atomic E-state index is 0.113. The summed E-state index contributed by atoms with van der Waals surface area (Å²) < 4.78 is 26.2. The van der Waals surface area contributed by atoms with Crippen molar-refractivity contribution in [2.24, 2.45) is 0 Å². The second kappa shape index (κ2) is 5.90. The maximum Gasteiger partial charge on any atom is 0.229 e. The molecule has 2 N–H and O–H groups in total. The Bertz CT molecular complexity index is 587. The number of nitrogens with one attached hydrogen (secondary N) is 2. The van der Waals surface area contributed by atoms with E-state index in [-0.39, 0.29) is 11.6 Å². The van der Waals surface area contributed by atoms with Gasteiger partial charge >= 0.3 is 0 Å². The first-order chi connectivity index (χ1) is 9.19. The summed E-state index contributed by atoms with van der Waals surface area (Å²) in [5.41, 5.74) is 0.113. The second-order valence-electron chi connectivity index (χ2n) is 3.68. The SMILES string of the molecule is C=CCNc1ccnc(Nc2ccc(F)cc2F)n1. The van der Waals surface area contributed by atoms with E-state index in [0.717, 1.165) is 12.1 Å². The molecule has 0 spiro atoms. The number of rotatable bonds is 5. The number of hydrogen-bond donors (Lipinski definition) is 2. The fraction of sp³-hybridized carbons (Fsp3) is 0.0769. The molecule has 1 heterocycles. The molecule has 19 heavy (non-hydrogen) atoms. The molecule has 98 valence electrons. The Hall–Kier alpha value is -2.50. The van der Waals surface area contributed by atoms with E-state index in [1.54, 1.807) is 12.1 Å². The molecule has 1 aromatic carbocycles. The van der Waals surface area contributed by atoms with E-state index in [9.17, 15) is 8.78 Å². The zero-order valence-corrected chi connectivity index (χ0v) is 10.0. The third kappa shape index (κ3) is 3.48. The Labute approximate surface area is 109 Å². The number of aromatic nitrogens is 2. The molecule has 0 amide bonds. The average molecular weight is 262 g/mol. The molecular formula is C13H12F2N4. The number of nitrogens with zero attached hydrogens (tertiary/aromatic N) is 2. The molecule has 0 atom stereocenters. The van der Waals surface area contributed by atoms with Crippen molar-refractivity contribution in [1.29, 1.82) is 0 Å². The van der Waals surface area contributed by atoms with Gasteiger partial charge in [-0.3, -0.25) is 0 Å². The van der Waals surface area contributed by atoms with Gasteiger partial charge in [0.1, 0.15) is 17.5 Å². The lowest BCUT2D eigenvalue weighted by molar-refractivity contribution is 0.586. The van der Waals surface area contributed by atoms with Gasteiger partial charge in [-0.1, -0.05) is 6.08 Å². The molecule has 0 aliphatic heterocycles. The third-order valence-electron chi connectivity index (χ3n) is 2.26. The number of benzene rings is 1. The fourth-order valence-electron chi connectivity index (χ4n) is 1.41. The van der Waals surface area contributed by atoms with Crippen molar-refractivity contribution in [3.8, 4) is 0 Å². The first-order valence-electron chi connectivity index (χ1n) is 5.59. The maximum atomic E-state index is 13.5. The topological polar surface area (TPSA) is 49.8 Å². The summed E-state index contributed by atoms with van der Waals surface area (Å²) in [7, 11) is 0. The lowest BCUT2D eigenvalue weighted by Crippen LogP contribution is -2.04. The van der Waals surface area contributed by atoms with Crippen LogP contribution in [0.15, 0.2) is 43.1 Å². The van der Waals surface area contributed by atoms with Crippen molar-refractivity contribution in [2.45, 2.75) is 0 Å². The van der Waals surface area contributed by atoms with Crippen LogP contribution in [0.1, 0.15) is 0 Å². The molecule has 0 aliphatic carbocycles. The number of hydrogen-bond acceptors (Lipinski definition) is 4. The van der Waals surface area contributed by atoms with E-state index in [2.05, 4.69) is 27.2 Å². The summed E-state index contributed by atoms with van der Waals surface area (Å²) in [5, 5.41) is 5.67. The van der Waals surface area contributed by atoms with Crippen LogP contribution in [0, 0.1) is 11.6 Å². The highest BCUT2D eigenvalue weighted by molar-refractivity contribution is 5.55. The molecule has 0 radical (unpaired) electrons. The molecule has 0 aliphatic rings. The summed E-state index contributed by atoms with van der Waals surface area (Å²) in [6.07, 6.45) is 3.22. The van der Waals surface area contributed by atoms with Crippen LogP contribution >= 0.6 is 0 Å². The smallest absolute Gasteiger partial charge is 0.229 e. The van der Waals surface area contributed by atoms with E-state index in [4.69, 9.17) is 0 Å². The zero-order valence-electron chi connectivity index (χ0n) is 10.0. The standard InChI is InChI=1S/C13H12F2N4/c1-2-6-16-12-5-7-17-13(19-12)18-11-4-3-9(14)8-10(11)15/h2-5,7-8H,1,6H2,(H2,16,17,18,19). The Morgan fingerprint density at radius 1 is 1.26 bits per heavy atom. The highest BCUT2D eigenvalue weighted by Crippen LogP contribution is 2.18. The summed E-state index contributed by atoms with van der Waals surface area (Å²) in [5.74, 6) is -0.530. The van der Waals surface area contributed by atoms with E-state index in [0.29, 0.717) is 12.4 Å². The van der Waals surface area contributed by atoms with E-state index < -0.39 is 11.6 Å². The second-order valence-corrected chi connectivity index (χ2v) is 3.68. The quantitative estimate of drug-likeness (QED) is 0.813. The molecule has 4 nitrogen and oxygen atoms in total. The van der Waals surface area contributed by atoms with Crippen molar-refractivity contribution in [1.82, 2.24) is 9.97 Å². The van der Waals surface area contributed by atoms with Gasteiger partial charge in [-0.15, -0.1) is 6.58 Å². The number of halogens is 2. The van der Waals surface area contributed by atoms with Gasteiger partial charge in [0.05, 0.1) is 5.69 Å². The van der Waals surface area contributed by atoms with Crippen LogP contribution in [0.4, 0.5) is 26.2 Å². The predicted octanol–water partition coefficient (Wildman–Crippen LogP) is 3.10. The molecule has 1 aromatic heterocycles. The third-order valence-corrected chi connectivity index (χ3v) is 2.26.